The lowest BCUT2D eigenvalue weighted by molar-refractivity contribution is 0.742. The molecule has 4 heteroatoms. The van der Waals surface area contributed by atoms with E-state index in [9.17, 15) is 0 Å². The van der Waals surface area contributed by atoms with Gasteiger partial charge >= 0.3 is 0 Å². The van der Waals surface area contributed by atoms with Gasteiger partial charge < -0.3 is 0 Å². The van der Waals surface area contributed by atoms with Crippen LogP contribution in [0.3, 0.4) is 0 Å². The molecule has 1 nitrogen and oxygen atoms in total. The van der Waals surface area contributed by atoms with Gasteiger partial charge in [0.2, 0.25) is 0 Å². The first-order valence-electron chi connectivity index (χ1n) is 6.22. The fraction of sp³-hybridized carbons (Fsp3) is 0.615. The van der Waals surface area contributed by atoms with Crippen molar-refractivity contribution in [3.8, 4) is 0 Å². The highest BCUT2D eigenvalue weighted by Crippen LogP contribution is 2.55. The molecular weight excluding hydrogens is 266 g/mol. The Labute approximate surface area is 117 Å². The summed E-state index contributed by atoms with van der Waals surface area (Å²) in [5.41, 5.74) is 0. The Morgan fingerprint density at radius 2 is 2.18 bits per heavy atom. The van der Waals surface area contributed by atoms with Crippen molar-refractivity contribution in [1.29, 1.82) is 0 Å². The van der Waals surface area contributed by atoms with Crippen molar-refractivity contribution in [3.05, 3.63) is 24.4 Å². The van der Waals surface area contributed by atoms with Gasteiger partial charge in [-0.2, -0.15) is 0 Å². The van der Waals surface area contributed by atoms with Crippen molar-refractivity contribution in [1.82, 2.24) is 4.98 Å². The van der Waals surface area contributed by atoms with Gasteiger partial charge in [0, 0.05) is 6.20 Å². The van der Waals surface area contributed by atoms with Crippen LogP contribution in [0.5, 0.6) is 0 Å². The molecule has 0 atom stereocenters. The molecule has 1 saturated heterocycles. The summed E-state index contributed by atoms with van der Waals surface area (Å²) in [4.78, 5) is 4.46. The van der Waals surface area contributed by atoms with Crippen LogP contribution >= 0.6 is 35.3 Å². The average molecular weight is 286 g/mol. The Kier molecular flexibility index (Phi) is 5.57. The van der Waals surface area contributed by atoms with E-state index in [1.54, 1.807) is 0 Å². The Hall–Kier alpha value is 0.200. The summed E-state index contributed by atoms with van der Waals surface area (Å²) < 4.78 is 0.322. The number of thioether (sulfide) groups is 3. The molecule has 0 unspecified atom stereocenters. The molecule has 2 rings (SSSR count). The third-order valence-corrected chi connectivity index (χ3v) is 7.82. The predicted octanol–water partition coefficient (Wildman–Crippen LogP) is 4.89. The van der Waals surface area contributed by atoms with E-state index in [1.165, 1.54) is 42.2 Å². The van der Waals surface area contributed by atoms with Gasteiger partial charge in [-0.3, -0.25) is 0 Å². The standard InChI is InChI=1S/C13H19NS3/c1-2-3-8-13(15-10-6-11-16-13)17-12-7-4-5-9-14-12/h4-5,7,9H,2-3,6,8,10-11H2,1H3. The number of rotatable bonds is 5. The topological polar surface area (TPSA) is 12.9 Å². The van der Waals surface area contributed by atoms with Crippen molar-refractivity contribution >= 4 is 35.3 Å². The van der Waals surface area contributed by atoms with Gasteiger partial charge in [0.1, 0.15) is 3.41 Å². The SMILES string of the molecule is CCCCC1(Sc2ccccn2)SCCCS1. The number of nitrogens with zero attached hydrogens (tertiary/aromatic N) is 1. The Morgan fingerprint density at radius 3 is 2.82 bits per heavy atom. The molecule has 0 aliphatic carbocycles. The quantitative estimate of drug-likeness (QED) is 0.763. The highest BCUT2D eigenvalue weighted by Gasteiger charge is 2.34. The molecule has 94 valence electrons. The zero-order chi connectivity index (χ0) is 12.0. The molecule has 1 fully saturated rings. The third-order valence-electron chi connectivity index (χ3n) is 2.67. The van der Waals surface area contributed by atoms with Gasteiger partial charge in [0.25, 0.3) is 0 Å². The highest BCUT2D eigenvalue weighted by molar-refractivity contribution is 8.34. The molecule has 1 aromatic heterocycles. The first-order valence-corrected chi connectivity index (χ1v) is 9.01. The van der Waals surface area contributed by atoms with Crippen LogP contribution in [-0.2, 0) is 0 Å². The number of aromatic nitrogens is 1. The molecule has 0 radical (unpaired) electrons. The predicted molar refractivity (Wildman–Crippen MR) is 81.9 cm³/mol. The van der Waals surface area contributed by atoms with Crippen LogP contribution in [0.2, 0.25) is 0 Å². The van der Waals surface area contributed by atoms with E-state index >= 15 is 0 Å². The molecule has 2 heterocycles. The molecule has 0 aromatic carbocycles. The van der Waals surface area contributed by atoms with Crippen LogP contribution in [0.25, 0.3) is 0 Å². The van der Waals surface area contributed by atoms with E-state index in [2.05, 4.69) is 47.6 Å². The molecule has 0 bridgehead atoms. The third kappa shape index (κ3) is 4.11. The second kappa shape index (κ2) is 6.95. The molecule has 0 spiro atoms. The highest BCUT2D eigenvalue weighted by atomic mass is 32.3. The smallest absolute Gasteiger partial charge is 0.113 e. The lowest BCUT2D eigenvalue weighted by Crippen LogP contribution is -2.21. The number of hydrogen-bond acceptors (Lipinski definition) is 4. The zero-order valence-electron chi connectivity index (χ0n) is 10.2. The Bertz CT molecular complexity index is 323. The molecule has 0 saturated carbocycles. The number of unbranched alkanes of at least 4 members (excludes halogenated alkanes) is 1. The molecular formula is C13H19NS3. The molecule has 1 aliphatic heterocycles. The molecule has 1 aromatic rings. The normalized spacial score (nSPS) is 19.1. The maximum absolute atomic E-state index is 4.46. The van der Waals surface area contributed by atoms with E-state index in [1.807, 2.05) is 24.0 Å². The minimum atomic E-state index is 0.322. The van der Waals surface area contributed by atoms with E-state index < -0.39 is 0 Å². The second-order valence-corrected chi connectivity index (χ2v) is 8.99. The van der Waals surface area contributed by atoms with Gasteiger partial charge in [0.15, 0.2) is 0 Å². The largest absolute Gasteiger partial charge is 0.250 e. The summed E-state index contributed by atoms with van der Waals surface area (Å²) in [5.74, 6) is 2.60. The van der Waals surface area contributed by atoms with Crippen LogP contribution in [0.1, 0.15) is 32.6 Å². The maximum Gasteiger partial charge on any atom is 0.113 e. The van der Waals surface area contributed by atoms with Crippen LogP contribution in [0.15, 0.2) is 29.4 Å². The van der Waals surface area contributed by atoms with Gasteiger partial charge in [-0.1, -0.05) is 37.6 Å². The first kappa shape index (κ1) is 13.6. The average Bonchev–Trinajstić information content (AvgIpc) is 2.39. The van der Waals surface area contributed by atoms with Gasteiger partial charge in [0.05, 0.1) is 5.03 Å². The fourth-order valence-corrected chi connectivity index (χ4v) is 6.87. The van der Waals surface area contributed by atoms with E-state index in [0.717, 1.165) is 0 Å². The lowest BCUT2D eigenvalue weighted by atomic mass is 10.3. The van der Waals surface area contributed by atoms with Crippen molar-refractivity contribution in [3.63, 3.8) is 0 Å². The first-order chi connectivity index (χ1) is 8.35. The summed E-state index contributed by atoms with van der Waals surface area (Å²) in [6, 6.07) is 6.21. The summed E-state index contributed by atoms with van der Waals surface area (Å²) in [6.07, 6.45) is 7.14. The van der Waals surface area contributed by atoms with Crippen LogP contribution in [-0.4, -0.2) is 19.9 Å². The summed E-state index contributed by atoms with van der Waals surface area (Å²) in [7, 11) is 0. The van der Waals surface area contributed by atoms with E-state index in [4.69, 9.17) is 0 Å². The molecule has 0 amide bonds. The zero-order valence-corrected chi connectivity index (χ0v) is 12.7. The maximum atomic E-state index is 4.46. The lowest BCUT2D eigenvalue weighted by Gasteiger charge is -2.35. The monoisotopic (exact) mass is 285 g/mol. The van der Waals surface area contributed by atoms with Crippen LogP contribution in [0, 0.1) is 0 Å². The van der Waals surface area contributed by atoms with Gasteiger partial charge in [-0.15, -0.1) is 23.5 Å². The van der Waals surface area contributed by atoms with E-state index in [-0.39, 0.29) is 0 Å². The summed E-state index contributed by atoms with van der Waals surface area (Å²) in [5, 5.41) is 1.17. The minimum absolute atomic E-state index is 0.322. The minimum Gasteiger partial charge on any atom is -0.250 e. The molecule has 0 N–H and O–H groups in total. The fourth-order valence-electron chi connectivity index (χ4n) is 1.77. The van der Waals surface area contributed by atoms with Crippen molar-refractivity contribution in [2.75, 3.05) is 11.5 Å². The van der Waals surface area contributed by atoms with Crippen molar-refractivity contribution in [2.45, 2.75) is 41.0 Å². The van der Waals surface area contributed by atoms with Gasteiger partial charge in [-0.05, 0) is 36.5 Å². The Balaban J connectivity index is 2.04. The summed E-state index contributed by atoms with van der Waals surface area (Å²) >= 11 is 6.23. The number of hydrogen-bond donors (Lipinski definition) is 0. The second-order valence-electron chi connectivity index (χ2n) is 4.11. The van der Waals surface area contributed by atoms with Crippen LogP contribution in [0.4, 0.5) is 0 Å². The number of pyridine rings is 1. The van der Waals surface area contributed by atoms with Crippen LogP contribution < -0.4 is 0 Å². The molecule has 1 aliphatic rings. The summed E-state index contributed by atoms with van der Waals surface area (Å²) in [6.45, 7) is 2.28. The van der Waals surface area contributed by atoms with Crippen molar-refractivity contribution < 1.29 is 0 Å². The molecule has 17 heavy (non-hydrogen) atoms. The van der Waals surface area contributed by atoms with E-state index in [0.29, 0.717) is 3.41 Å². The Morgan fingerprint density at radius 1 is 1.35 bits per heavy atom. The van der Waals surface area contributed by atoms with Gasteiger partial charge in [-0.25, -0.2) is 4.98 Å². The van der Waals surface area contributed by atoms with Crippen molar-refractivity contribution in [2.24, 2.45) is 0 Å².